The molecule has 1 amide bonds. The van der Waals surface area contributed by atoms with Crippen molar-refractivity contribution in [3.63, 3.8) is 0 Å². The lowest BCUT2D eigenvalue weighted by Gasteiger charge is -2.16. The van der Waals surface area contributed by atoms with E-state index in [9.17, 15) is 9.59 Å². The number of methoxy groups -OCH3 is 1. The number of hydrogen-bond donors (Lipinski definition) is 1. The third-order valence-corrected chi connectivity index (χ3v) is 5.44. The fourth-order valence-corrected chi connectivity index (χ4v) is 4.05. The van der Waals surface area contributed by atoms with Crippen LogP contribution in [-0.2, 0) is 9.53 Å². The summed E-state index contributed by atoms with van der Waals surface area (Å²) in [6.45, 7) is 5.56. The van der Waals surface area contributed by atoms with Gasteiger partial charge in [0, 0.05) is 26.4 Å². The average Bonchev–Trinajstić information content (AvgIpc) is 2.92. The van der Waals surface area contributed by atoms with E-state index < -0.39 is 0 Å². The Morgan fingerprint density at radius 1 is 1.36 bits per heavy atom. The second-order valence-electron chi connectivity index (χ2n) is 6.71. The second kappa shape index (κ2) is 8.85. The first-order valence-electron chi connectivity index (χ1n) is 8.92. The summed E-state index contributed by atoms with van der Waals surface area (Å²) in [6.07, 6.45) is 3.24. The zero-order chi connectivity index (χ0) is 20.3. The summed E-state index contributed by atoms with van der Waals surface area (Å²) in [5.41, 5.74) is 0.599. The molecule has 0 atom stereocenters. The minimum absolute atomic E-state index is 0.177. The predicted octanol–water partition coefficient (Wildman–Crippen LogP) is 2.61. The van der Waals surface area contributed by atoms with Gasteiger partial charge in [0.05, 0.1) is 17.1 Å². The highest BCUT2D eigenvalue weighted by atomic mass is 32.2. The van der Waals surface area contributed by atoms with Gasteiger partial charge in [0.1, 0.15) is 15.8 Å². The number of pyridine rings is 1. The van der Waals surface area contributed by atoms with Gasteiger partial charge in [0.2, 0.25) is 0 Å². The molecule has 0 spiro atoms. The van der Waals surface area contributed by atoms with Crippen LogP contribution in [0.25, 0.3) is 11.7 Å². The van der Waals surface area contributed by atoms with Crippen molar-refractivity contribution in [2.45, 2.75) is 13.8 Å². The molecule has 3 rings (SSSR count). The van der Waals surface area contributed by atoms with Gasteiger partial charge in [-0.25, -0.2) is 4.98 Å². The van der Waals surface area contributed by atoms with Gasteiger partial charge < -0.3 is 10.1 Å². The first kappa shape index (κ1) is 20.5. The molecule has 0 saturated carbocycles. The molecule has 0 unspecified atom stereocenters. The number of nitrogens with one attached hydrogen (secondary N) is 1. The van der Waals surface area contributed by atoms with Gasteiger partial charge in [-0.15, -0.1) is 0 Å². The van der Waals surface area contributed by atoms with E-state index in [1.54, 1.807) is 36.4 Å². The number of amides is 1. The van der Waals surface area contributed by atoms with Crippen LogP contribution in [0.1, 0.15) is 19.4 Å². The molecule has 3 heterocycles. The Morgan fingerprint density at radius 2 is 2.14 bits per heavy atom. The molecular weight excluding hydrogens is 396 g/mol. The molecule has 9 heteroatoms. The van der Waals surface area contributed by atoms with Crippen molar-refractivity contribution < 1.29 is 9.53 Å². The van der Waals surface area contributed by atoms with Gasteiger partial charge in [0.25, 0.3) is 11.5 Å². The molecule has 7 nitrogen and oxygen atoms in total. The van der Waals surface area contributed by atoms with Crippen LogP contribution < -0.4 is 10.9 Å². The van der Waals surface area contributed by atoms with Crippen molar-refractivity contribution in [3.05, 3.63) is 45.2 Å². The summed E-state index contributed by atoms with van der Waals surface area (Å²) in [5.74, 6) is 0.535. The smallest absolute Gasteiger partial charge is 0.267 e. The van der Waals surface area contributed by atoms with E-state index in [1.165, 1.54) is 16.2 Å². The fraction of sp³-hybridized carbons (Fsp3) is 0.368. The number of aromatic nitrogens is 2. The number of anilines is 1. The largest absolute Gasteiger partial charge is 0.383 e. The second-order valence-corrected chi connectivity index (χ2v) is 8.39. The summed E-state index contributed by atoms with van der Waals surface area (Å²) in [7, 11) is 1.60. The monoisotopic (exact) mass is 418 g/mol. The van der Waals surface area contributed by atoms with Crippen molar-refractivity contribution in [1.82, 2.24) is 14.3 Å². The molecule has 1 saturated heterocycles. The van der Waals surface area contributed by atoms with Crippen LogP contribution in [0.2, 0.25) is 0 Å². The van der Waals surface area contributed by atoms with Gasteiger partial charge >= 0.3 is 0 Å². The lowest BCUT2D eigenvalue weighted by atomic mass is 10.2. The topological polar surface area (TPSA) is 75.9 Å². The van der Waals surface area contributed by atoms with Crippen molar-refractivity contribution >= 4 is 51.7 Å². The molecule has 0 aliphatic carbocycles. The predicted molar refractivity (Wildman–Crippen MR) is 117 cm³/mol. The lowest BCUT2D eigenvalue weighted by molar-refractivity contribution is -0.122. The van der Waals surface area contributed by atoms with E-state index in [4.69, 9.17) is 17.0 Å². The average molecular weight is 419 g/mol. The third-order valence-electron chi connectivity index (χ3n) is 4.06. The molecule has 1 N–H and O–H groups in total. The van der Waals surface area contributed by atoms with Crippen LogP contribution in [-0.4, -0.2) is 51.3 Å². The molecule has 0 bridgehead atoms. The van der Waals surface area contributed by atoms with Gasteiger partial charge in [0.15, 0.2) is 0 Å². The van der Waals surface area contributed by atoms with E-state index >= 15 is 0 Å². The molecule has 148 valence electrons. The van der Waals surface area contributed by atoms with Crippen LogP contribution >= 0.6 is 24.0 Å². The van der Waals surface area contributed by atoms with E-state index in [2.05, 4.69) is 10.3 Å². The molecule has 1 aliphatic heterocycles. The fourth-order valence-electron chi connectivity index (χ4n) is 2.79. The van der Waals surface area contributed by atoms with Crippen molar-refractivity contribution in [1.29, 1.82) is 0 Å². The Labute approximate surface area is 172 Å². The van der Waals surface area contributed by atoms with E-state index in [-0.39, 0.29) is 11.5 Å². The first-order chi connectivity index (χ1) is 13.4. The van der Waals surface area contributed by atoms with Gasteiger partial charge in [-0.3, -0.25) is 18.9 Å². The maximum atomic E-state index is 13.1. The minimum atomic E-state index is -0.250. The van der Waals surface area contributed by atoms with Crippen LogP contribution in [0, 0.1) is 5.92 Å². The summed E-state index contributed by atoms with van der Waals surface area (Å²) >= 11 is 6.56. The minimum Gasteiger partial charge on any atom is -0.383 e. The number of rotatable bonds is 7. The SMILES string of the molecule is COCCNc1nc2ccccn2c(=O)c1C=C1SC(=S)N(CC(C)C)C1=O. The van der Waals surface area contributed by atoms with Crippen molar-refractivity contribution in [2.24, 2.45) is 5.92 Å². The lowest BCUT2D eigenvalue weighted by Crippen LogP contribution is -2.31. The molecule has 0 radical (unpaired) electrons. The summed E-state index contributed by atoms with van der Waals surface area (Å²) in [6, 6.07) is 5.34. The number of fused-ring (bicyclic) bond motifs is 1. The number of hydrogen-bond acceptors (Lipinski definition) is 7. The number of ether oxygens (including phenoxy) is 1. The third kappa shape index (κ3) is 4.26. The molecule has 1 fully saturated rings. The van der Waals surface area contributed by atoms with Gasteiger partial charge in [-0.05, 0) is 24.1 Å². The van der Waals surface area contributed by atoms with E-state index in [0.29, 0.717) is 51.9 Å². The van der Waals surface area contributed by atoms with E-state index in [0.717, 1.165) is 0 Å². The van der Waals surface area contributed by atoms with Crippen LogP contribution in [0.3, 0.4) is 0 Å². The van der Waals surface area contributed by atoms with Crippen LogP contribution in [0.15, 0.2) is 34.1 Å². The molecule has 28 heavy (non-hydrogen) atoms. The highest BCUT2D eigenvalue weighted by Gasteiger charge is 2.32. The van der Waals surface area contributed by atoms with Gasteiger partial charge in [-0.1, -0.05) is 43.9 Å². The van der Waals surface area contributed by atoms with Crippen LogP contribution in [0.4, 0.5) is 5.82 Å². The quantitative estimate of drug-likeness (QED) is 0.421. The summed E-state index contributed by atoms with van der Waals surface area (Å²) in [4.78, 5) is 32.4. The number of carbonyl (C=O) groups excluding carboxylic acids is 1. The highest BCUT2D eigenvalue weighted by Crippen LogP contribution is 2.33. The highest BCUT2D eigenvalue weighted by molar-refractivity contribution is 8.26. The number of thiocarbonyl (C=S) groups is 1. The number of thioether (sulfide) groups is 1. The normalized spacial score (nSPS) is 16.0. The molecule has 1 aliphatic rings. The van der Waals surface area contributed by atoms with Crippen molar-refractivity contribution in [3.8, 4) is 0 Å². The molecule has 0 aromatic carbocycles. The maximum absolute atomic E-state index is 13.1. The number of nitrogens with zero attached hydrogens (tertiary/aromatic N) is 3. The Kier molecular flexibility index (Phi) is 6.48. The Hall–Kier alpha value is -2.23. The summed E-state index contributed by atoms with van der Waals surface area (Å²) in [5, 5.41) is 3.13. The van der Waals surface area contributed by atoms with Crippen LogP contribution in [0.5, 0.6) is 0 Å². The Bertz CT molecular complexity index is 1000. The molecular formula is C19H22N4O3S2. The zero-order valence-corrected chi connectivity index (χ0v) is 17.6. The van der Waals surface area contributed by atoms with Gasteiger partial charge in [-0.2, -0.15) is 0 Å². The first-order valence-corrected chi connectivity index (χ1v) is 10.1. The number of carbonyl (C=O) groups is 1. The van der Waals surface area contributed by atoms with E-state index in [1.807, 2.05) is 19.9 Å². The Balaban J connectivity index is 2.06. The maximum Gasteiger partial charge on any atom is 0.267 e. The Morgan fingerprint density at radius 3 is 2.86 bits per heavy atom. The molecule has 2 aromatic heterocycles. The zero-order valence-electron chi connectivity index (χ0n) is 16.0. The molecule has 2 aromatic rings. The standard InChI is InChI=1S/C19H22N4O3S2/c1-12(2)11-23-18(25)14(28-19(23)27)10-13-16(20-7-9-26-3)21-15-6-4-5-8-22(15)17(13)24/h4-6,8,10,12,20H,7,9,11H2,1-3H3. The van der Waals surface area contributed by atoms with Crippen molar-refractivity contribution in [2.75, 3.05) is 32.1 Å². The summed E-state index contributed by atoms with van der Waals surface area (Å²) < 4.78 is 7.03.